The Balaban J connectivity index is 2.29. The second kappa shape index (κ2) is 9.12. The predicted octanol–water partition coefficient (Wildman–Crippen LogP) is 6.05. The number of ketones is 1. The number of carbonyl (C=O) groups excluding carboxylic acids is 1. The quantitative estimate of drug-likeness (QED) is 0.425. The second-order valence-corrected chi connectivity index (χ2v) is 8.17. The van der Waals surface area contributed by atoms with Gasteiger partial charge in [0.15, 0.2) is 11.0 Å². The number of rotatable bonds is 7. The van der Waals surface area contributed by atoms with E-state index in [1.165, 1.54) is 22.9 Å². The van der Waals surface area contributed by atoms with Crippen molar-refractivity contribution in [1.29, 1.82) is 0 Å². The first-order valence-corrected chi connectivity index (χ1v) is 10.8. The lowest BCUT2D eigenvalue weighted by molar-refractivity contribution is -0.114. The first-order valence-electron chi connectivity index (χ1n) is 9.10. The van der Waals surface area contributed by atoms with Crippen LogP contribution < -0.4 is 0 Å². The number of hydrogen-bond donors (Lipinski definition) is 0. The van der Waals surface area contributed by atoms with E-state index < -0.39 is 0 Å². The van der Waals surface area contributed by atoms with Crippen molar-refractivity contribution in [2.75, 3.05) is 5.75 Å². The maximum atomic E-state index is 11.6. The Morgan fingerprint density at radius 3 is 2.32 bits per heavy atom. The van der Waals surface area contributed by atoms with E-state index >= 15 is 0 Å². The molecule has 0 saturated heterocycles. The molecular formula is C21H21Cl2N3OS. The summed E-state index contributed by atoms with van der Waals surface area (Å²) in [6.45, 7) is 5.82. The fourth-order valence-corrected chi connectivity index (χ4v) is 4.31. The normalized spacial score (nSPS) is 11.0. The van der Waals surface area contributed by atoms with Gasteiger partial charge in [-0.25, -0.2) is 0 Å². The molecule has 0 saturated carbocycles. The molecule has 4 nitrogen and oxygen atoms in total. The number of aromatic nitrogens is 3. The van der Waals surface area contributed by atoms with Gasteiger partial charge in [0.2, 0.25) is 0 Å². The van der Waals surface area contributed by atoms with Gasteiger partial charge in [0, 0.05) is 10.6 Å². The molecule has 7 heteroatoms. The first kappa shape index (κ1) is 20.9. The summed E-state index contributed by atoms with van der Waals surface area (Å²) >= 11 is 13.9. The van der Waals surface area contributed by atoms with Crippen LogP contribution in [0, 0.1) is 0 Å². The Kier molecular flexibility index (Phi) is 6.81. The molecule has 1 aromatic heterocycles. The van der Waals surface area contributed by atoms with Crippen molar-refractivity contribution in [3.8, 4) is 17.1 Å². The van der Waals surface area contributed by atoms with Crippen molar-refractivity contribution < 1.29 is 4.79 Å². The van der Waals surface area contributed by atoms with E-state index in [4.69, 9.17) is 23.2 Å². The third-order valence-electron chi connectivity index (χ3n) is 4.40. The van der Waals surface area contributed by atoms with E-state index in [2.05, 4.69) is 42.2 Å². The minimum atomic E-state index is 0.0881. The standard InChI is InChI=1S/C21H21Cl2N3OS/c1-4-14-7-6-8-15(5-2)19(14)26-20(17-10-9-16(22)11-18(17)23)24-25-21(26)28-12-13(3)27/h6-11H,4-5,12H2,1-3H3. The van der Waals surface area contributed by atoms with Crippen LogP contribution in [-0.2, 0) is 17.6 Å². The van der Waals surface area contributed by atoms with E-state index in [-0.39, 0.29) is 5.78 Å². The van der Waals surface area contributed by atoms with Gasteiger partial charge in [-0.3, -0.25) is 9.36 Å². The van der Waals surface area contributed by atoms with Gasteiger partial charge in [-0.1, -0.05) is 67.0 Å². The molecule has 3 aromatic rings. The molecule has 0 aliphatic rings. The third-order valence-corrected chi connectivity index (χ3v) is 6.02. The van der Waals surface area contributed by atoms with Gasteiger partial charge in [0.05, 0.1) is 16.5 Å². The zero-order chi connectivity index (χ0) is 20.3. The van der Waals surface area contributed by atoms with Gasteiger partial charge < -0.3 is 0 Å². The van der Waals surface area contributed by atoms with Gasteiger partial charge in [-0.15, -0.1) is 10.2 Å². The van der Waals surface area contributed by atoms with Crippen LogP contribution in [0.3, 0.4) is 0 Å². The number of hydrogen-bond acceptors (Lipinski definition) is 4. The summed E-state index contributed by atoms with van der Waals surface area (Å²) in [6, 6.07) is 11.6. The number of benzene rings is 2. The molecule has 0 aliphatic carbocycles. The molecule has 0 aliphatic heterocycles. The highest BCUT2D eigenvalue weighted by Crippen LogP contribution is 2.35. The molecule has 0 radical (unpaired) electrons. The van der Waals surface area contributed by atoms with E-state index in [0.717, 1.165) is 24.1 Å². The van der Waals surface area contributed by atoms with Gasteiger partial charge in [0.1, 0.15) is 5.78 Å². The number of para-hydroxylation sites is 1. The zero-order valence-corrected chi connectivity index (χ0v) is 18.3. The number of halogens is 2. The molecule has 1 heterocycles. The van der Waals surface area contributed by atoms with Gasteiger partial charge in [-0.2, -0.15) is 0 Å². The van der Waals surface area contributed by atoms with E-state index in [9.17, 15) is 4.79 Å². The molecule has 2 aromatic carbocycles. The molecule has 0 atom stereocenters. The zero-order valence-electron chi connectivity index (χ0n) is 16.0. The summed E-state index contributed by atoms with van der Waals surface area (Å²) in [5.74, 6) is 1.07. The SMILES string of the molecule is CCc1cccc(CC)c1-n1c(SCC(C)=O)nnc1-c1ccc(Cl)cc1Cl. The minimum Gasteiger partial charge on any atom is -0.299 e. The van der Waals surface area contributed by atoms with Gasteiger partial charge >= 0.3 is 0 Å². The third kappa shape index (κ3) is 4.27. The Bertz CT molecular complexity index is 995. The fraction of sp³-hybridized carbons (Fsp3) is 0.286. The highest BCUT2D eigenvalue weighted by Gasteiger charge is 2.22. The van der Waals surface area contributed by atoms with Crippen molar-refractivity contribution in [1.82, 2.24) is 14.8 Å². The topological polar surface area (TPSA) is 47.8 Å². The average Bonchev–Trinajstić information content (AvgIpc) is 3.08. The lowest BCUT2D eigenvalue weighted by Gasteiger charge is -2.18. The largest absolute Gasteiger partial charge is 0.299 e. The van der Waals surface area contributed by atoms with E-state index in [0.29, 0.717) is 26.8 Å². The van der Waals surface area contributed by atoms with Crippen LogP contribution in [0.4, 0.5) is 0 Å². The molecule has 3 rings (SSSR count). The minimum absolute atomic E-state index is 0.0881. The summed E-state index contributed by atoms with van der Waals surface area (Å²) < 4.78 is 2.03. The summed E-state index contributed by atoms with van der Waals surface area (Å²) in [7, 11) is 0. The Hall–Kier alpha value is -1.82. The van der Waals surface area contributed by atoms with Crippen LogP contribution in [-0.4, -0.2) is 26.3 Å². The first-order chi connectivity index (χ1) is 13.5. The Morgan fingerprint density at radius 2 is 1.75 bits per heavy atom. The highest BCUT2D eigenvalue weighted by molar-refractivity contribution is 7.99. The molecule has 0 fully saturated rings. The van der Waals surface area contributed by atoms with E-state index in [1.54, 1.807) is 19.1 Å². The van der Waals surface area contributed by atoms with Gasteiger partial charge in [0.25, 0.3) is 0 Å². The molecule has 0 amide bonds. The van der Waals surface area contributed by atoms with Crippen molar-refractivity contribution >= 4 is 40.7 Å². The van der Waals surface area contributed by atoms with Crippen LogP contribution in [0.1, 0.15) is 31.9 Å². The predicted molar refractivity (Wildman–Crippen MR) is 117 cm³/mol. The van der Waals surface area contributed by atoms with Crippen molar-refractivity contribution in [3.05, 3.63) is 57.6 Å². The lowest BCUT2D eigenvalue weighted by Crippen LogP contribution is -2.08. The van der Waals surface area contributed by atoms with Crippen LogP contribution in [0.15, 0.2) is 41.6 Å². The van der Waals surface area contributed by atoms with Gasteiger partial charge in [-0.05, 0) is 49.1 Å². The molecule has 0 bridgehead atoms. The Morgan fingerprint density at radius 1 is 1.07 bits per heavy atom. The summed E-state index contributed by atoms with van der Waals surface area (Å²) in [5.41, 5.74) is 4.19. The van der Waals surface area contributed by atoms with Crippen LogP contribution >= 0.6 is 35.0 Å². The molecular weight excluding hydrogens is 413 g/mol. The highest BCUT2D eigenvalue weighted by atomic mass is 35.5. The molecule has 0 unspecified atom stereocenters. The number of Topliss-reactive ketones (excluding diaryl/α,β-unsaturated/α-hetero) is 1. The van der Waals surface area contributed by atoms with E-state index in [1.807, 2.05) is 10.6 Å². The molecule has 146 valence electrons. The molecule has 0 N–H and O–H groups in total. The number of thioether (sulfide) groups is 1. The van der Waals surface area contributed by atoms with Crippen molar-refractivity contribution in [2.45, 2.75) is 38.8 Å². The summed E-state index contributed by atoms with van der Waals surface area (Å²) in [5, 5.41) is 10.6. The smallest absolute Gasteiger partial charge is 0.196 e. The summed E-state index contributed by atoms with van der Waals surface area (Å²) in [6.07, 6.45) is 1.73. The number of aryl methyl sites for hydroxylation is 2. The van der Waals surface area contributed by atoms with Crippen LogP contribution in [0.5, 0.6) is 0 Å². The maximum Gasteiger partial charge on any atom is 0.196 e. The average molecular weight is 434 g/mol. The van der Waals surface area contributed by atoms with Crippen molar-refractivity contribution in [2.24, 2.45) is 0 Å². The number of nitrogens with zero attached hydrogens (tertiary/aromatic N) is 3. The van der Waals surface area contributed by atoms with Crippen molar-refractivity contribution in [3.63, 3.8) is 0 Å². The molecule has 0 spiro atoms. The lowest BCUT2D eigenvalue weighted by atomic mass is 10.0. The molecule has 28 heavy (non-hydrogen) atoms. The maximum absolute atomic E-state index is 11.6. The number of carbonyl (C=O) groups is 1. The monoisotopic (exact) mass is 433 g/mol. The second-order valence-electron chi connectivity index (χ2n) is 6.39. The van der Waals surface area contributed by atoms with Crippen LogP contribution in [0.2, 0.25) is 10.0 Å². The fourth-order valence-electron chi connectivity index (χ4n) is 3.08. The Labute approximate surface area is 179 Å². The summed E-state index contributed by atoms with van der Waals surface area (Å²) in [4.78, 5) is 11.6. The van der Waals surface area contributed by atoms with Crippen LogP contribution in [0.25, 0.3) is 17.1 Å².